The van der Waals surface area contributed by atoms with Gasteiger partial charge >= 0.3 is 0 Å². The minimum absolute atomic E-state index is 0.125. The van der Waals surface area contributed by atoms with Crippen LogP contribution in [-0.2, 0) is 9.59 Å². The van der Waals surface area contributed by atoms with Gasteiger partial charge in [0, 0.05) is 30.8 Å². The van der Waals surface area contributed by atoms with Gasteiger partial charge in [-0.3, -0.25) is 9.59 Å². The van der Waals surface area contributed by atoms with E-state index in [4.69, 9.17) is 14.2 Å². The number of carbonyl (C=O) groups excluding carboxylic acids is 2. The third-order valence-electron chi connectivity index (χ3n) is 5.11. The lowest BCUT2D eigenvalue weighted by Gasteiger charge is -2.20. The topological polar surface area (TPSA) is 77.1 Å². The van der Waals surface area contributed by atoms with Crippen LogP contribution in [0.25, 0.3) is 0 Å². The van der Waals surface area contributed by atoms with Crippen LogP contribution >= 0.6 is 0 Å². The number of rotatable bonds is 6. The van der Waals surface area contributed by atoms with Gasteiger partial charge in [0.05, 0.1) is 32.9 Å². The number of nitrogens with zero attached hydrogens (tertiary/aromatic N) is 1. The zero-order valence-electron chi connectivity index (χ0n) is 17.4. The molecule has 7 nitrogen and oxygen atoms in total. The third-order valence-corrected chi connectivity index (χ3v) is 5.11. The molecule has 0 radical (unpaired) electrons. The molecule has 3 rings (SSSR count). The van der Waals surface area contributed by atoms with E-state index in [0.717, 1.165) is 16.8 Å². The summed E-state index contributed by atoms with van der Waals surface area (Å²) in [6.45, 7) is 4.20. The monoisotopic (exact) mass is 398 g/mol. The lowest BCUT2D eigenvalue weighted by atomic mass is 10.1. The van der Waals surface area contributed by atoms with Crippen molar-refractivity contribution in [1.29, 1.82) is 0 Å². The van der Waals surface area contributed by atoms with Crippen molar-refractivity contribution in [3.05, 3.63) is 41.5 Å². The lowest BCUT2D eigenvalue weighted by Crippen LogP contribution is -2.28. The van der Waals surface area contributed by atoms with Crippen molar-refractivity contribution in [1.82, 2.24) is 0 Å². The summed E-state index contributed by atoms with van der Waals surface area (Å²) in [6.07, 6.45) is 0.146. The molecule has 0 spiro atoms. The highest BCUT2D eigenvalue weighted by Crippen LogP contribution is 2.42. The second-order valence-electron chi connectivity index (χ2n) is 7.10. The molecule has 1 N–H and O–H groups in total. The van der Waals surface area contributed by atoms with Crippen molar-refractivity contribution in [2.24, 2.45) is 5.92 Å². The first kappa shape index (κ1) is 20.5. The number of ether oxygens (including phenoxy) is 3. The molecule has 2 amide bonds. The molecule has 0 aromatic heterocycles. The summed E-state index contributed by atoms with van der Waals surface area (Å²) in [5, 5.41) is 2.96. The highest BCUT2D eigenvalue weighted by atomic mass is 16.5. The van der Waals surface area contributed by atoms with E-state index in [-0.39, 0.29) is 24.8 Å². The Balaban J connectivity index is 1.81. The predicted octanol–water partition coefficient (Wildman–Crippen LogP) is 3.32. The van der Waals surface area contributed by atoms with Gasteiger partial charge in [-0.15, -0.1) is 0 Å². The lowest BCUT2D eigenvalue weighted by molar-refractivity contribution is -0.122. The first-order chi connectivity index (χ1) is 13.9. The zero-order chi connectivity index (χ0) is 21.1. The first-order valence-electron chi connectivity index (χ1n) is 9.36. The standard InChI is InChI=1S/C22H26N2O5/c1-13-6-7-14(2)17(8-13)23-22(26)15-9-20(25)24(12-15)16-10-18(27-3)21(29-5)19(11-16)28-4/h6-8,10-11,15H,9,12H2,1-5H3,(H,23,26)/t15-/m1/s1. The van der Waals surface area contributed by atoms with Crippen molar-refractivity contribution in [3.63, 3.8) is 0 Å². The fraction of sp³-hybridized carbons (Fsp3) is 0.364. The third kappa shape index (κ3) is 4.13. The molecule has 7 heteroatoms. The van der Waals surface area contributed by atoms with Gasteiger partial charge in [0.15, 0.2) is 11.5 Å². The van der Waals surface area contributed by atoms with Gasteiger partial charge < -0.3 is 24.4 Å². The molecule has 1 heterocycles. The Kier molecular flexibility index (Phi) is 5.96. The van der Waals surface area contributed by atoms with Crippen LogP contribution in [0.2, 0.25) is 0 Å². The minimum Gasteiger partial charge on any atom is -0.493 e. The fourth-order valence-electron chi connectivity index (χ4n) is 3.46. The molecular formula is C22H26N2O5. The molecule has 1 fully saturated rings. The van der Waals surface area contributed by atoms with Crippen molar-refractivity contribution in [2.45, 2.75) is 20.3 Å². The maximum Gasteiger partial charge on any atom is 0.229 e. The highest BCUT2D eigenvalue weighted by molar-refractivity contribution is 6.04. The largest absolute Gasteiger partial charge is 0.493 e. The van der Waals surface area contributed by atoms with E-state index in [2.05, 4.69) is 5.32 Å². The van der Waals surface area contributed by atoms with Crippen LogP contribution in [0, 0.1) is 19.8 Å². The molecule has 1 aliphatic rings. The van der Waals surface area contributed by atoms with Gasteiger partial charge in [0.2, 0.25) is 17.6 Å². The summed E-state index contributed by atoms with van der Waals surface area (Å²) in [4.78, 5) is 27.0. The Hall–Kier alpha value is -3.22. The maximum absolute atomic E-state index is 12.8. The number of amides is 2. The molecule has 0 bridgehead atoms. The van der Waals surface area contributed by atoms with Crippen LogP contribution in [0.15, 0.2) is 30.3 Å². The van der Waals surface area contributed by atoms with Crippen molar-refractivity contribution < 1.29 is 23.8 Å². The Morgan fingerprint density at radius 2 is 1.69 bits per heavy atom. The van der Waals surface area contributed by atoms with E-state index in [1.54, 1.807) is 17.0 Å². The van der Waals surface area contributed by atoms with Crippen molar-refractivity contribution in [3.8, 4) is 17.2 Å². The summed E-state index contributed by atoms with van der Waals surface area (Å²) in [7, 11) is 4.56. The quantitative estimate of drug-likeness (QED) is 0.808. The fourth-order valence-corrected chi connectivity index (χ4v) is 3.46. The van der Waals surface area contributed by atoms with Crippen LogP contribution < -0.4 is 24.4 Å². The van der Waals surface area contributed by atoms with E-state index in [1.807, 2.05) is 32.0 Å². The van der Waals surface area contributed by atoms with E-state index in [1.165, 1.54) is 21.3 Å². The minimum atomic E-state index is -0.443. The average Bonchev–Trinajstić information content (AvgIpc) is 3.11. The highest BCUT2D eigenvalue weighted by Gasteiger charge is 2.36. The summed E-state index contributed by atoms with van der Waals surface area (Å²) < 4.78 is 16.1. The molecular weight excluding hydrogens is 372 g/mol. The number of hydrogen-bond acceptors (Lipinski definition) is 5. The molecule has 1 saturated heterocycles. The molecule has 0 unspecified atom stereocenters. The van der Waals surface area contributed by atoms with Gasteiger partial charge in [0.1, 0.15) is 0 Å². The Labute approximate surface area is 170 Å². The van der Waals surface area contributed by atoms with Crippen LogP contribution in [0.4, 0.5) is 11.4 Å². The van der Waals surface area contributed by atoms with Crippen LogP contribution in [0.1, 0.15) is 17.5 Å². The molecule has 154 valence electrons. The van der Waals surface area contributed by atoms with Gasteiger partial charge in [-0.25, -0.2) is 0 Å². The Bertz CT molecular complexity index is 916. The van der Waals surface area contributed by atoms with Crippen LogP contribution in [0.5, 0.6) is 17.2 Å². The average molecular weight is 398 g/mol. The van der Waals surface area contributed by atoms with E-state index < -0.39 is 5.92 Å². The normalized spacial score (nSPS) is 16.0. The number of carbonyl (C=O) groups is 2. The second kappa shape index (κ2) is 8.43. The summed E-state index contributed by atoms with van der Waals surface area (Å²) in [5.74, 6) is 0.634. The van der Waals surface area contributed by atoms with Gasteiger partial charge in [0.25, 0.3) is 0 Å². The van der Waals surface area contributed by atoms with Crippen molar-refractivity contribution in [2.75, 3.05) is 38.1 Å². The molecule has 2 aromatic rings. The van der Waals surface area contributed by atoms with Crippen LogP contribution in [0.3, 0.4) is 0 Å². The van der Waals surface area contributed by atoms with Gasteiger partial charge in [-0.1, -0.05) is 12.1 Å². The Morgan fingerprint density at radius 3 is 2.28 bits per heavy atom. The number of benzene rings is 2. The van der Waals surface area contributed by atoms with Gasteiger partial charge in [-0.2, -0.15) is 0 Å². The van der Waals surface area contributed by atoms with E-state index in [9.17, 15) is 9.59 Å². The van der Waals surface area contributed by atoms with Crippen molar-refractivity contribution >= 4 is 23.2 Å². The Morgan fingerprint density at radius 1 is 1.03 bits per heavy atom. The number of aryl methyl sites for hydroxylation is 2. The predicted molar refractivity (Wildman–Crippen MR) is 111 cm³/mol. The van der Waals surface area contributed by atoms with E-state index in [0.29, 0.717) is 22.9 Å². The number of anilines is 2. The molecule has 1 atom stereocenters. The number of hydrogen-bond donors (Lipinski definition) is 1. The summed E-state index contributed by atoms with van der Waals surface area (Å²) in [6, 6.07) is 9.32. The molecule has 0 aliphatic carbocycles. The molecule has 1 aliphatic heterocycles. The smallest absolute Gasteiger partial charge is 0.229 e. The van der Waals surface area contributed by atoms with E-state index >= 15 is 0 Å². The number of methoxy groups -OCH3 is 3. The van der Waals surface area contributed by atoms with Crippen LogP contribution in [-0.4, -0.2) is 39.7 Å². The summed E-state index contributed by atoms with van der Waals surface area (Å²) >= 11 is 0. The summed E-state index contributed by atoms with van der Waals surface area (Å²) in [5.41, 5.74) is 3.42. The second-order valence-corrected chi connectivity index (χ2v) is 7.10. The first-order valence-corrected chi connectivity index (χ1v) is 9.36. The zero-order valence-corrected chi connectivity index (χ0v) is 17.4. The SMILES string of the molecule is COc1cc(N2C[C@H](C(=O)Nc3cc(C)ccc3C)CC2=O)cc(OC)c1OC. The van der Waals surface area contributed by atoms with Gasteiger partial charge in [-0.05, 0) is 31.0 Å². The maximum atomic E-state index is 12.8. The number of nitrogens with one attached hydrogen (secondary N) is 1. The molecule has 29 heavy (non-hydrogen) atoms. The molecule has 2 aromatic carbocycles. The molecule has 0 saturated carbocycles.